The van der Waals surface area contributed by atoms with Gasteiger partial charge in [0.25, 0.3) is 5.91 Å². The molecular formula is C14H16F3NO3. The summed E-state index contributed by atoms with van der Waals surface area (Å²) in [6.07, 6.45) is -1.93. The average molecular weight is 303 g/mol. The number of hydrogen-bond donors (Lipinski definition) is 1. The molecule has 4 nitrogen and oxygen atoms in total. The van der Waals surface area contributed by atoms with Crippen LogP contribution in [0.15, 0.2) is 24.3 Å². The summed E-state index contributed by atoms with van der Waals surface area (Å²) >= 11 is 0. The molecule has 1 N–H and O–H groups in total. The molecule has 1 aromatic carbocycles. The van der Waals surface area contributed by atoms with Crippen LogP contribution in [0.5, 0.6) is 5.75 Å². The summed E-state index contributed by atoms with van der Waals surface area (Å²) in [5.41, 5.74) is 0.282. The van der Waals surface area contributed by atoms with Gasteiger partial charge < -0.3 is 14.7 Å². The predicted octanol–water partition coefficient (Wildman–Crippen LogP) is 2.57. The third-order valence-electron chi connectivity index (χ3n) is 3.45. The molecule has 1 saturated carbocycles. The molecule has 21 heavy (non-hydrogen) atoms. The van der Waals surface area contributed by atoms with Gasteiger partial charge in [0.15, 0.2) is 0 Å². The van der Waals surface area contributed by atoms with Crippen LogP contribution in [0.25, 0.3) is 0 Å². The first-order valence-electron chi connectivity index (χ1n) is 6.68. The summed E-state index contributed by atoms with van der Waals surface area (Å²) in [5, 5.41) is 9.03. The highest BCUT2D eigenvalue weighted by Crippen LogP contribution is 2.27. The highest BCUT2D eigenvalue weighted by molar-refractivity contribution is 5.94. The third kappa shape index (κ3) is 4.10. The van der Waals surface area contributed by atoms with Crippen molar-refractivity contribution in [1.82, 2.24) is 4.90 Å². The van der Waals surface area contributed by atoms with Crippen LogP contribution in [0.4, 0.5) is 13.2 Å². The minimum absolute atomic E-state index is 0.107. The van der Waals surface area contributed by atoms with E-state index < -0.39 is 6.36 Å². The van der Waals surface area contributed by atoms with Crippen molar-refractivity contribution in [3.8, 4) is 5.75 Å². The standard InChI is InChI=1S/C14H16F3NO3/c15-14(16,17)21-12-6-4-10(5-7-12)13(20)18(8-9-19)11-2-1-3-11/h4-7,11,19H,1-3,8-9H2. The Morgan fingerprint density at radius 2 is 1.90 bits per heavy atom. The molecule has 0 aliphatic heterocycles. The summed E-state index contributed by atoms with van der Waals surface area (Å²) in [7, 11) is 0. The first kappa shape index (κ1) is 15.6. The minimum Gasteiger partial charge on any atom is -0.406 e. The van der Waals surface area contributed by atoms with Crippen LogP contribution in [0.1, 0.15) is 29.6 Å². The number of amides is 1. The summed E-state index contributed by atoms with van der Waals surface area (Å²) in [5.74, 6) is -0.649. The van der Waals surface area contributed by atoms with Crippen molar-refractivity contribution in [2.24, 2.45) is 0 Å². The van der Waals surface area contributed by atoms with E-state index in [0.29, 0.717) is 0 Å². The van der Waals surface area contributed by atoms with Crippen LogP contribution in [-0.4, -0.2) is 41.5 Å². The topological polar surface area (TPSA) is 49.8 Å². The molecule has 0 atom stereocenters. The number of aliphatic hydroxyl groups is 1. The molecule has 0 heterocycles. The normalized spacial score (nSPS) is 15.4. The van der Waals surface area contributed by atoms with Crippen molar-refractivity contribution >= 4 is 5.91 Å². The molecule has 0 bridgehead atoms. The van der Waals surface area contributed by atoms with Crippen molar-refractivity contribution in [2.45, 2.75) is 31.7 Å². The molecule has 1 aliphatic rings. The Hall–Kier alpha value is -1.76. The van der Waals surface area contributed by atoms with E-state index in [2.05, 4.69) is 4.74 Å². The van der Waals surface area contributed by atoms with Crippen LogP contribution in [0.3, 0.4) is 0 Å². The molecule has 0 saturated heterocycles. The Labute approximate surface area is 120 Å². The fourth-order valence-electron chi connectivity index (χ4n) is 2.22. The van der Waals surface area contributed by atoms with Gasteiger partial charge in [0, 0.05) is 18.2 Å². The first-order chi connectivity index (χ1) is 9.90. The lowest BCUT2D eigenvalue weighted by molar-refractivity contribution is -0.274. The molecular weight excluding hydrogens is 287 g/mol. The van der Waals surface area contributed by atoms with E-state index in [4.69, 9.17) is 5.11 Å². The second kappa shape index (κ2) is 6.34. The number of halogens is 3. The number of carbonyl (C=O) groups excluding carboxylic acids is 1. The van der Waals surface area contributed by atoms with Gasteiger partial charge in [-0.15, -0.1) is 13.2 Å². The molecule has 1 aromatic rings. The van der Waals surface area contributed by atoms with Gasteiger partial charge in [-0.3, -0.25) is 4.79 Å². The molecule has 0 unspecified atom stereocenters. The second-order valence-corrected chi connectivity index (χ2v) is 4.88. The van der Waals surface area contributed by atoms with E-state index in [-0.39, 0.29) is 36.4 Å². The maximum atomic E-state index is 12.3. The molecule has 0 radical (unpaired) electrons. The summed E-state index contributed by atoms with van der Waals surface area (Å²) < 4.78 is 39.9. The van der Waals surface area contributed by atoms with Crippen molar-refractivity contribution in [1.29, 1.82) is 0 Å². The zero-order valence-corrected chi connectivity index (χ0v) is 11.3. The van der Waals surface area contributed by atoms with Crippen molar-refractivity contribution in [3.05, 3.63) is 29.8 Å². The average Bonchev–Trinajstić information content (AvgIpc) is 2.34. The highest BCUT2D eigenvalue weighted by Gasteiger charge is 2.32. The number of ether oxygens (including phenoxy) is 1. The monoisotopic (exact) mass is 303 g/mol. The quantitative estimate of drug-likeness (QED) is 0.909. The molecule has 1 amide bonds. The molecule has 2 rings (SSSR count). The minimum atomic E-state index is -4.75. The van der Waals surface area contributed by atoms with Gasteiger partial charge in [-0.05, 0) is 43.5 Å². The number of aliphatic hydroxyl groups excluding tert-OH is 1. The van der Waals surface area contributed by atoms with Crippen LogP contribution in [-0.2, 0) is 0 Å². The van der Waals surface area contributed by atoms with Crippen molar-refractivity contribution in [3.63, 3.8) is 0 Å². The van der Waals surface area contributed by atoms with Crippen LogP contribution < -0.4 is 4.74 Å². The van der Waals surface area contributed by atoms with Gasteiger partial charge in [0.1, 0.15) is 5.75 Å². The Balaban J connectivity index is 2.07. The number of benzene rings is 1. The largest absolute Gasteiger partial charge is 0.573 e. The first-order valence-corrected chi connectivity index (χ1v) is 6.68. The fourth-order valence-corrected chi connectivity index (χ4v) is 2.22. The van der Waals surface area contributed by atoms with Gasteiger partial charge in [-0.25, -0.2) is 0 Å². The fraction of sp³-hybridized carbons (Fsp3) is 0.500. The van der Waals surface area contributed by atoms with Gasteiger partial charge in [0.05, 0.1) is 6.61 Å². The van der Waals surface area contributed by atoms with Gasteiger partial charge in [-0.1, -0.05) is 0 Å². The Bertz CT molecular complexity index is 483. The molecule has 1 aliphatic carbocycles. The summed E-state index contributed by atoms with van der Waals surface area (Å²) in [6.45, 7) is 0.0851. The molecule has 116 valence electrons. The zero-order valence-electron chi connectivity index (χ0n) is 11.3. The van der Waals surface area contributed by atoms with Crippen LogP contribution in [0, 0.1) is 0 Å². The van der Waals surface area contributed by atoms with E-state index in [0.717, 1.165) is 31.4 Å². The van der Waals surface area contributed by atoms with Crippen LogP contribution >= 0.6 is 0 Å². The highest BCUT2D eigenvalue weighted by atomic mass is 19.4. The molecule has 0 aromatic heterocycles. The molecule has 1 fully saturated rings. The molecule has 0 spiro atoms. The van der Waals surface area contributed by atoms with E-state index in [9.17, 15) is 18.0 Å². The smallest absolute Gasteiger partial charge is 0.406 e. The van der Waals surface area contributed by atoms with Gasteiger partial charge in [0.2, 0.25) is 0 Å². The SMILES string of the molecule is O=C(c1ccc(OC(F)(F)F)cc1)N(CCO)C1CCC1. The second-order valence-electron chi connectivity index (χ2n) is 4.88. The number of rotatable bonds is 5. The number of nitrogens with zero attached hydrogens (tertiary/aromatic N) is 1. The lowest BCUT2D eigenvalue weighted by Crippen LogP contribution is -2.45. The summed E-state index contributed by atoms with van der Waals surface area (Å²) in [6, 6.07) is 4.92. The summed E-state index contributed by atoms with van der Waals surface area (Å²) in [4.78, 5) is 13.9. The van der Waals surface area contributed by atoms with E-state index >= 15 is 0 Å². The van der Waals surface area contributed by atoms with Crippen molar-refractivity contribution in [2.75, 3.05) is 13.2 Å². The third-order valence-corrected chi connectivity index (χ3v) is 3.45. The van der Waals surface area contributed by atoms with Crippen LogP contribution in [0.2, 0.25) is 0 Å². The maximum absolute atomic E-state index is 12.3. The van der Waals surface area contributed by atoms with Crippen molar-refractivity contribution < 1.29 is 27.8 Å². The maximum Gasteiger partial charge on any atom is 0.573 e. The number of alkyl halides is 3. The van der Waals surface area contributed by atoms with E-state index in [1.807, 2.05) is 0 Å². The lowest BCUT2D eigenvalue weighted by Gasteiger charge is -2.37. The Morgan fingerprint density at radius 3 is 2.33 bits per heavy atom. The lowest BCUT2D eigenvalue weighted by atomic mass is 9.91. The molecule has 7 heteroatoms. The zero-order chi connectivity index (χ0) is 15.5. The van der Waals surface area contributed by atoms with Gasteiger partial charge in [-0.2, -0.15) is 0 Å². The Morgan fingerprint density at radius 1 is 1.29 bits per heavy atom. The van der Waals surface area contributed by atoms with E-state index in [1.165, 1.54) is 12.1 Å². The predicted molar refractivity (Wildman–Crippen MR) is 68.9 cm³/mol. The number of carbonyl (C=O) groups is 1. The van der Waals surface area contributed by atoms with Gasteiger partial charge >= 0.3 is 6.36 Å². The number of hydrogen-bond acceptors (Lipinski definition) is 3. The van der Waals surface area contributed by atoms with E-state index in [1.54, 1.807) is 4.90 Å². The Kier molecular flexibility index (Phi) is 4.72.